The first-order valence-electron chi connectivity index (χ1n) is 4.48. The standard InChI is InChI=1S/C11H9ClN2O/c12-11-5-4-8(6-13-11)10-3-1-2-9(7-15)14-10/h1-6,15H,7H2. The SMILES string of the molecule is OCc1cccc(-c2ccc(Cl)nc2)n1. The molecule has 0 amide bonds. The maximum absolute atomic E-state index is 8.95. The van der Waals surface area contributed by atoms with Crippen LogP contribution in [0.25, 0.3) is 11.3 Å². The highest BCUT2D eigenvalue weighted by Gasteiger charge is 2.00. The molecule has 0 fully saturated rings. The van der Waals surface area contributed by atoms with Crippen molar-refractivity contribution in [1.82, 2.24) is 9.97 Å². The third-order valence-corrected chi connectivity index (χ3v) is 2.22. The molecule has 0 saturated heterocycles. The molecule has 0 saturated carbocycles. The molecule has 2 aromatic heterocycles. The number of rotatable bonds is 2. The van der Waals surface area contributed by atoms with Crippen molar-refractivity contribution in [2.24, 2.45) is 0 Å². The quantitative estimate of drug-likeness (QED) is 0.790. The predicted octanol–water partition coefficient (Wildman–Crippen LogP) is 2.29. The zero-order chi connectivity index (χ0) is 10.7. The van der Waals surface area contributed by atoms with Gasteiger partial charge in [-0.3, -0.25) is 4.98 Å². The monoisotopic (exact) mass is 220 g/mol. The molecule has 15 heavy (non-hydrogen) atoms. The number of hydrogen-bond acceptors (Lipinski definition) is 3. The zero-order valence-corrected chi connectivity index (χ0v) is 8.65. The highest BCUT2D eigenvalue weighted by molar-refractivity contribution is 6.29. The number of nitrogens with zero attached hydrogens (tertiary/aromatic N) is 2. The first-order chi connectivity index (χ1) is 7.29. The van der Waals surface area contributed by atoms with Gasteiger partial charge in [-0.25, -0.2) is 4.98 Å². The normalized spacial score (nSPS) is 10.3. The summed E-state index contributed by atoms with van der Waals surface area (Å²) in [6, 6.07) is 9.04. The van der Waals surface area contributed by atoms with E-state index in [0.29, 0.717) is 10.8 Å². The van der Waals surface area contributed by atoms with E-state index in [1.54, 1.807) is 18.3 Å². The van der Waals surface area contributed by atoms with Gasteiger partial charge in [-0.1, -0.05) is 17.7 Å². The zero-order valence-electron chi connectivity index (χ0n) is 7.89. The first kappa shape index (κ1) is 10.1. The summed E-state index contributed by atoms with van der Waals surface area (Å²) >= 11 is 5.69. The van der Waals surface area contributed by atoms with E-state index in [1.165, 1.54) is 0 Å². The Hall–Kier alpha value is -1.45. The molecule has 2 heterocycles. The third kappa shape index (κ3) is 2.32. The van der Waals surface area contributed by atoms with E-state index in [1.807, 2.05) is 18.2 Å². The number of pyridine rings is 2. The Bertz CT molecular complexity index is 456. The topological polar surface area (TPSA) is 46.0 Å². The summed E-state index contributed by atoms with van der Waals surface area (Å²) in [6.45, 7) is -0.0607. The van der Waals surface area contributed by atoms with Gasteiger partial charge in [0.25, 0.3) is 0 Å². The van der Waals surface area contributed by atoms with Gasteiger partial charge in [0.05, 0.1) is 18.0 Å². The highest BCUT2D eigenvalue weighted by atomic mass is 35.5. The molecule has 4 heteroatoms. The summed E-state index contributed by atoms with van der Waals surface area (Å²) in [5.41, 5.74) is 2.31. The highest BCUT2D eigenvalue weighted by Crippen LogP contribution is 2.17. The third-order valence-electron chi connectivity index (χ3n) is 1.99. The lowest BCUT2D eigenvalue weighted by atomic mass is 10.2. The van der Waals surface area contributed by atoms with Crippen molar-refractivity contribution >= 4 is 11.6 Å². The number of hydrogen-bond donors (Lipinski definition) is 1. The van der Waals surface area contributed by atoms with Crippen LogP contribution in [0.1, 0.15) is 5.69 Å². The lowest BCUT2D eigenvalue weighted by Gasteiger charge is -2.02. The van der Waals surface area contributed by atoms with Crippen LogP contribution in [0.4, 0.5) is 0 Å². The van der Waals surface area contributed by atoms with E-state index in [0.717, 1.165) is 11.3 Å². The molecule has 0 atom stereocenters. The summed E-state index contributed by atoms with van der Waals surface area (Å²) in [7, 11) is 0. The Morgan fingerprint density at radius 3 is 2.73 bits per heavy atom. The fourth-order valence-corrected chi connectivity index (χ4v) is 1.37. The van der Waals surface area contributed by atoms with Crippen LogP contribution in [0.3, 0.4) is 0 Å². The summed E-state index contributed by atoms with van der Waals surface area (Å²) in [4.78, 5) is 8.23. The predicted molar refractivity (Wildman–Crippen MR) is 58.4 cm³/mol. The van der Waals surface area contributed by atoms with Gasteiger partial charge in [0.1, 0.15) is 5.15 Å². The summed E-state index contributed by atoms with van der Waals surface area (Å²) < 4.78 is 0. The van der Waals surface area contributed by atoms with Crippen LogP contribution >= 0.6 is 11.6 Å². The van der Waals surface area contributed by atoms with Crippen molar-refractivity contribution in [3.63, 3.8) is 0 Å². The van der Waals surface area contributed by atoms with Crippen LogP contribution in [0.15, 0.2) is 36.5 Å². The summed E-state index contributed by atoms with van der Waals surface area (Å²) in [5, 5.41) is 9.41. The van der Waals surface area contributed by atoms with Crippen molar-refractivity contribution in [1.29, 1.82) is 0 Å². The average Bonchev–Trinajstić information content (AvgIpc) is 2.30. The fourth-order valence-electron chi connectivity index (χ4n) is 1.26. The van der Waals surface area contributed by atoms with Crippen LogP contribution in [-0.4, -0.2) is 15.1 Å². The van der Waals surface area contributed by atoms with Crippen LogP contribution in [-0.2, 0) is 6.61 Å². The Morgan fingerprint density at radius 1 is 1.20 bits per heavy atom. The van der Waals surface area contributed by atoms with Crippen molar-refractivity contribution in [3.8, 4) is 11.3 Å². The molecule has 0 aliphatic rings. The van der Waals surface area contributed by atoms with E-state index < -0.39 is 0 Å². The van der Waals surface area contributed by atoms with Crippen molar-refractivity contribution in [3.05, 3.63) is 47.4 Å². The molecule has 3 nitrogen and oxygen atoms in total. The maximum Gasteiger partial charge on any atom is 0.129 e. The van der Waals surface area contributed by atoms with Crippen LogP contribution < -0.4 is 0 Å². The molecule has 2 aromatic rings. The molecule has 0 spiro atoms. The lowest BCUT2D eigenvalue weighted by Crippen LogP contribution is -1.91. The van der Waals surface area contributed by atoms with Crippen molar-refractivity contribution < 1.29 is 5.11 Å². The minimum absolute atomic E-state index is 0.0607. The fraction of sp³-hybridized carbons (Fsp3) is 0.0909. The van der Waals surface area contributed by atoms with E-state index in [4.69, 9.17) is 16.7 Å². The van der Waals surface area contributed by atoms with Gasteiger partial charge in [-0.15, -0.1) is 0 Å². The van der Waals surface area contributed by atoms with Gasteiger partial charge in [0.2, 0.25) is 0 Å². The lowest BCUT2D eigenvalue weighted by molar-refractivity contribution is 0.277. The molecule has 0 aliphatic carbocycles. The van der Waals surface area contributed by atoms with Crippen molar-refractivity contribution in [2.45, 2.75) is 6.61 Å². The molecule has 0 bridgehead atoms. The maximum atomic E-state index is 8.95. The second kappa shape index (κ2) is 4.38. The second-order valence-corrected chi connectivity index (χ2v) is 3.43. The van der Waals surface area contributed by atoms with Crippen LogP contribution in [0, 0.1) is 0 Å². The Labute approximate surface area is 92.4 Å². The molecule has 76 valence electrons. The van der Waals surface area contributed by atoms with Gasteiger partial charge in [0, 0.05) is 11.8 Å². The van der Waals surface area contributed by atoms with E-state index in [9.17, 15) is 0 Å². The Kier molecular flexibility index (Phi) is 2.94. The van der Waals surface area contributed by atoms with E-state index in [2.05, 4.69) is 9.97 Å². The minimum Gasteiger partial charge on any atom is -0.390 e. The molecule has 0 radical (unpaired) electrons. The van der Waals surface area contributed by atoms with Crippen LogP contribution in [0.5, 0.6) is 0 Å². The Morgan fingerprint density at radius 2 is 2.07 bits per heavy atom. The molecule has 0 unspecified atom stereocenters. The smallest absolute Gasteiger partial charge is 0.129 e. The largest absolute Gasteiger partial charge is 0.390 e. The van der Waals surface area contributed by atoms with Gasteiger partial charge < -0.3 is 5.11 Å². The minimum atomic E-state index is -0.0607. The van der Waals surface area contributed by atoms with Crippen LogP contribution in [0.2, 0.25) is 5.15 Å². The van der Waals surface area contributed by atoms with E-state index >= 15 is 0 Å². The number of aliphatic hydroxyl groups is 1. The summed E-state index contributed by atoms with van der Waals surface area (Å²) in [6.07, 6.45) is 1.66. The molecule has 0 aliphatic heterocycles. The number of aliphatic hydroxyl groups excluding tert-OH is 1. The molecule has 2 rings (SSSR count). The second-order valence-electron chi connectivity index (χ2n) is 3.04. The first-order valence-corrected chi connectivity index (χ1v) is 4.86. The van der Waals surface area contributed by atoms with Gasteiger partial charge >= 0.3 is 0 Å². The molecule has 0 aromatic carbocycles. The molecular weight excluding hydrogens is 212 g/mol. The number of halogens is 1. The van der Waals surface area contributed by atoms with Gasteiger partial charge in [-0.05, 0) is 24.3 Å². The average molecular weight is 221 g/mol. The summed E-state index contributed by atoms with van der Waals surface area (Å²) in [5.74, 6) is 0. The van der Waals surface area contributed by atoms with Crippen molar-refractivity contribution in [2.75, 3.05) is 0 Å². The van der Waals surface area contributed by atoms with Gasteiger partial charge in [-0.2, -0.15) is 0 Å². The molecule has 1 N–H and O–H groups in total. The van der Waals surface area contributed by atoms with E-state index in [-0.39, 0.29) is 6.61 Å². The Balaban J connectivity index is 2.40. The number of aromatic nitrogens is 2. The molecular formula is C11H9ClN2O. The van der Waals surface area contributed by atoms with Gasteiger partial charge in [0.15, 0.2) is 0 Å².